The van der Waals surface area contributed by atoms with Crippen molar-refractivity contribution in [3.05, 3.63) is 64.1 Å². The fourth-order valence-electron chi connectivity index (χ4n) is 2.19. The van der Waals surface area contributed by atoms with E-state index in [1.165, 1.54) is 0 Å². The largest absolute Gasteiger partial charge is 0.367 e. The van der Waals surface area contributed by atoms with Crippen LogP contribution in [0.2, 0.25) is 0 Å². The van der Waals surface area contributed by atoms with Gasteiger partial charge in [0, 0.05) is 18.6 Å². The van der Waals surface area contributed by atoms with E-state index in [0.29, 0.717) is 0 Å². The number of aryl methyl sites for hydroxylation is 1. The summed E-state index contributed by atoms with van der Waals surface area (Å²) in [5.74, 6) is -0.103. The van der Waals surface area contributed by atoms with E-state index in [9.17, 15) is 4.79 Å². The van der Waals surface area contributed by atoms with Crippen LogP contribution in [0.25, 0.3) is 0 Å². The van der Waals surface area contributed by atoms with Gasteiger partial charge in [0.25, 0.3) is 5.91 Å². The highest BCUT2D eigenvalue weighted by molar-refractivity contribution is 9.10. The number of rotatable bonds is 4. The zero-order valence-electron chi connectivity index (χ0n) is 12.3. The van der Waals surface area contributed by atoms with Crippen molar-refractivity contribution in [2.24, 2.45) is 0 Å². The number of hydrogen-bond donors (Lipinski definition) is 0. The van der Waals surface area contributed by atoms with Gasteiger partial charge in [-0.05, 0) is 46.1 Å². The summed E-state index contributed by atoms with van der Waals surface area (Å²) in [4.78, 5) is 14.3. The molecule has 0 radical (unpaired) electrons. The lowest BCUT2D eigenvalue weighted by Gasteiger charge is -2.24. The highest BCUT2D eigenvalue weighted by atomic mass is 79.9. The molecule has 0 bridgehead atoms. The first-order valence-electron chi connectivity index (χ1n) is 6.66. The molecule has 0 N–H and O–H groups in total. The van der Waals surface area contributed by atoms with Gasteiger partial charge in [0.05, 0.1) is 5.69 Å². The fraction of sp³-hybridized carbons (Fsp3) is 0.235. The summed E-state index contributed by atoms with van der Waals surface area (Å²) in [6.45, 7) is 2.01. The smallest absolute Gasteiger partial charge is 0.260 e. The van der Waals surface area contributed by atoms with Crippen molar-refractivity contribution >= 4 is 27.5 Å². The Kier molecular flexibility index (Phi) is 5.15. The van der Waals surface area contributed by atoms with Crippen molar-refractivity contribution < 1.29 is 9.53 Å². The molecule has 0 aliphatic carbocycles. The number of nitrogens with zero attached hydrogens (tertiary/aromatic N) is 1. The van der Waals surface area contributed by atoms with Crippen LogP contribution in [0.4, 0.5) is 5.69 Å². The Morgan fingerprint density at radius 2 is 1.86 bits per heavy atom. The standard InChI is InChI=1S/C17H18BrNO2/c1-12-9-10-15(14(18)11-12)19(2)17(20)16(21-3)13-7-5-4-6-8-13/h4-11,16H,1-3H3. The zero-order chi connectivity index (χ0) is 15.4. The molecule has 0 spiro atoms. The van der Waals surface area contributed by atoms with E-state index >= 15 is 0 Å². The van der Waals surface area contributed by atoms with Crippen LogP contribution < -0.4 is 4.90 Å². The number of likely N-dealkylation sites (N-methyl/N-ethyl adjacent to an activating group) is 1. The molecule has 2 aromatic rings. The van der Waals surface area contributed by atoms with Crippen molar-refractivity contribution in [3.8, 4) is 0 Å². The Balaban J connectivity index is 2.29. The Labute approximate surface area is 133 Å². The van der Waals surface area contributed by atoms with Crippen LogP contribution >= 0.6 is 15.9 Å². The van der Waals surface area contributed by atoms with Gasteiger partial charge < -0.3 is 9.64 Å². The summed E-state index contributed by atoms with van der Waals surface area (Å²) in [5, 5.41) is 0. The lowest BCUT2D eigenvalue weighted by atomic mass is 10.1. The van der Waals surface area contributed by atoms with E-state index in [1.54, 1.807) is 19.1 Å². The molecule has 0 aliphatic rings. The van der Waals surface area contributed by atoms with Gasteiger partial charge in [-0.1, -0.05) is 36.4 Å². The first-order chi connectivity index (χ1) is 10.0. The van der Waals surface area contributed by atoms with Crippen LogP contribution in [0.5, 0.6) is 0 Å². The second-order valence-electron chi connectivity index (χ2n) is 4.88. The van der Waals surface area contributed by atoms with Crippen molar-refractivity contribution in [1.82, 2.24) is 0 Å². The van der Waals surface area contributed by atoms with E-state index in [1.807, 2.05) is 55.5 Å². The maximum Gasteiger partial charge on any atom is 0.260 e. The SMILES string of the molecule is COC(C(=O)N(C)c1ccc(C)cc1Br)c1ccccc1. The van der Waals surface area contributed by atoms with Crippen molar-refractivity contribution in [1.29, 1.82) is 0 Å². The van der Waals surface area contributed by atoms with E-state index in [4.69, 9.17) is 4.74 Å². The van der Waals surface area contributed by atoms with Crippen molar-refractivity contribution in [2.75, 3.05) is 19.1 Å². The molecule has 0 fully saturated rings. The minimum Gasteiger partial charge on any atom is -0.367 e. The minimum absolute atomic E-state index is 0.103. The number of hydrogen-bond acceptors (Lipinski definition) is 2. The maximum absolute atomic E-state index is 12.7. The summed E-state index contributed by atoms with van der Waals surface area (Å²) >= 11 is 3.51. The summed E-state index contributed by atoms with van der Waals surface area (Å²) in [6, 6.07) is 15.4. The summed E-state index contributed by atoms with van der Waals surface area (Å²) in [5.41, 5.74) is 2.81. The molecule has 0 heterocycles. The Hall–Kier alpha value is -1.65. The number of carbonyl (C=O) groups excluding carboxylic acids is 1. The molecule has 0 saturated carbocycles. The normalized spacial score (nSPS) is 12.0. The second kappa shape index (κ2) is 6.87. The maximum atomic E-state index is 12.7. The number of halogens is 1. The molecule has 4 heteroatoms. The van der Waals surface area contributed by atoms with Gasteiger partial charge in [-0.15, -0.1) is 0 Å². The fourth-order valence-corrected chi connectivity index (χ4v) is 2.95. The monoisotopic (exact) mass is 347 g/mol. The lowest BCUT2D eigenvalue weighted by molar-refractivity contribution is -0.128. The van der Waals surface area contributed by atoms with Gasteiger partial charge in [0.2, 0.25) is 0 Å². The third-order valence-corrected chi connectivity index (χ3v) is 3.99. The number of amides is 1. The third kappa shape index (κ3) is 3.52. The number of methoxy groups -OCH3 is 1. The molecule has 3 nitrogen and oxygen atoms in total. The van der Waals surface area contributed by atoms with E-state index in [2.05, 4.69) is 15.9 Å². The average molecular weight is 348 g/mol. The zero-order valence-corrected chi connectivity index (χ0v) is 13.9. The Morgan fingerprint density at radius 1 is 1.19 bits per heavy atom. The number of carbonyl (C=O) groups is 1. The summed E-state index contributed by atoms with van der Waals surface area (Å²) < 4.78 is 6.29. The number of ether oxygens (including phenoxy) is 1. The van der Waals surface area contributed by atoms with E-state index < -0.39 is 6.10 Å². The number of anilines is 1. The molecule has 0 saturated heterocycles. The lowest BCUT2D eigenvalue weighted by Crippen LogP contribution is -2.32. The summed E-state index contributed by atoms with van der Waals surface area (Å²) in [6.07, 6.45) is -0.607. The Morgan fingerprint density at radius 3 is 2.43 bits per heavy atom. The van der Waals surface area contributed by atoms with E-state index in [-0.39, 0.29) is 5.91 Å². The predicted molar refractivity (Wildman–Crippen MR) is 88.5 cm³/mol. The number of benzene rings is 2. The van der Waals surface area contributed by atoms with Crippen molar-refractivity contribution in [3.63, 3.8) is 0 Å². The highest BCUT2D eigenvalue weighted by Gasteiger charge is 2.25. The molecule has 1 unspecified atom stereocenters. The second-order valence-corrected chi connectivity index (χ2v) is 5.73. The first kappa shape index (κ1) is 15.7. The third-order valence-electron chi connectivity index (χ3n) is 3.36. The van der Waals surface area contributed by atoms with Gasteiger partial charge in [-0.3, -0.25) is 4.79 Å². The van der Waals surface area contributed by atoms with Gasteiger partial charge >= 0.3 is 0 Å². The van der Waals surface area contributed by atoms with Crippen LogP contribution in [-0.4, -0.2) is 20.1 Å². The highest BCUT2D eigenvalue weighted by Crippen LogP contribution is 2.29. The van der Waals surface area contributed by atoms with Crippen LogP contribution in [0, 0.1) is 6.92 Å². The van der Waals surface area contributed by atoms with Crippen LogP contribution in [-0.2, 0) is 9.53 Å². The molecule has 1 amide bonds. The average Bonchev–Trinajstić information content (AvgIpc) is 2.48. The summed E-state index contributed by atoms with van der Waals surface area (Å²) in [7, 11) is 3.31. The molecule has 21 heavy (non-hydrogen) atoms. The van der Waals surface area contributed by atoms with Crippen LogP contribution in [0.1, 0.15) is 17.2 Å². The van der Waals surface area contributed by atoms with Crippen LogP contribution in [0.3, 0.4) is 0 Å². The molecule has 2 rings (SSSR count). The minimum atomic E-state index is -0.607. The van der Waals surface area contributed by atoms with Crippen molar-refractivity contribution in [2.45, 2.75) is 13.0 Å². The molecule has 0 aromatic heterocycles. The predicted octanol–water partition coefficient (Wildman–Crippen LogP) is 4.11. The van der Waals surface area contributed by atoms with Gasteiger partial charge in [-0.25, -0.2) is 0 Å². The first-order valence-corrected chi connectivity index (χ1v) is 7.45. The molecular weight excluding hydrogens is 330 g/mol. The Bertz CT molecular complexity index is 628. The topological polar surface area (TPSA) is 29.5 Å². The molecule has 2 aromatic carbocycles. The van der Waals surface area contributed by atoms with Crippen LogP contribution in [0.15, 0.2) is 53.0 Å². The van der Waals surface area contributed by atoms with Gasteiger partial charge in [0.1, 0.15) is 0 Å². The molecular formula is C17H18BrNO2. The molecule has 1 atom stereocenters. The van der Waals surface area contributed by atoms with E-state index in [0.717, 1.165) is 21.3 Å². The quantitative estimate of drug-likeness (QED) is 0.832. The molecule has 0 aliphatic heterocycles. The van der Waals surface area contributed by atoms with Gasteiger partial charge in [-0.2, -0.15) is 0 Å². The van der Waals surface area contributed by atoms with Gasteiger partial charge in [0.15, 0.2) is 6.10 Å². The molecule has 110 valence electrons.